The van der Waals surface area contributed by atoms with Gasteiger partial charge in [0.25, 0.3) is 0 Å². The van der Waals surface area contributed by atoms with Gasteiger partial charge in [0, 0.05) is 0 Å². The predicted molar refractivity (Wildman–Crippen MR) is 137 cm³/mol. The highest BCUT2D eigenvalue weighted by atomic mass is 31.2. The van der Waals surface area contributed by atoms with Gasteiger partial charge < -0.3 is 4.52 Å². The van der Waals surface area contributed by atoms with Crippen molar-refractivity contribution in [1.82, 2.24) is 0 Å². The normalized spacial score (nSPS) is 12.9. The van der Waals surface area contributed by atoms with Crippen LogP contribution in [0.15, 0.2) is 54.6 Å². The van der Waals surface area contributed by atoms with Gasteiger partial charge in [0.05, 0.1) is 11.2 Å². The summed E-state index contributed by atoms with van der Waals surface area (Å²) in [6.07, 6.45) is 0. The molecular weight excluding hydrogens is 415 g/mol. The molecule has 2 bridgehead atoms. The van der Waals surface area contributed by atoms with Gasteiger partial charge in [-0.05, 0) is 105 Å². The fraction of sp³-hybridized carbons (Fsp3) is 0.357. The Hall–Kier alpha value is -2.19. The van der Waals surface area contributed by atoms with Crippen LogP contribution in [-0.2, 0) is 9.05 Å². The Morgan fingerprint density at radius 3 is 1.78 bits per heavy atom. The molecule has 0 atom stereocenters. The van der Waals surface area contributed by atoms with Gasteiger partial charge in [-0.3, -0.25) is 9.05 Å². The molecule has 0 fully saturated rings. The van der Waals surface area contributed by atoms with Crippen molar-refractivity contribution in [3.63, 3.8) is 0 Å². The third kappa shape index (κ3) is 4.76. The van der Waals surface area contributed by atoms with Crippen LogP contribution in [-0.4, -0.2) is 11.2 Å². The molecular formula is C28H33O3P. The van der Waals surface area contributed by atoms with Crippen molar-refractivity contribution in [3.05, 3.63) is 65.7 Å². The van der Waals surface area contributed by atoms with Crippen LogP contribution in [0.3, 0.4) is 0 Å². The number of aryl methyl sites for hydroxylation is 1. The molecule has 0 aliphatic carbocycles. The summed E-state index contributed by atoms with van der Waals surface area (Å²) < 4.78 is 18.6. The second-order valence-corrected chi connectivity index (χ2v) is 11.4. The number of fused-ring (bicyclic) bond motifs is 2. The molecule has 0 saturated heterocycles. The Labute approximate surface area is 193 Å². The summed E-state index contributed by atoms with van der Waals surface area (Å²) in [7, 11) is -1.56. The van der Waals surface area contributed by atoms with Crippen LogP contribution in [0, 0.1) is 13.8 Å². The van der Waals surface area contributed by atoms with Gasteiger partial charge in [0.1, 0.15) is 5.75 Å². The lowest BCUT2D eigenvalue weighted by Crippen LogP contribution is -2.23. The molecule has 5 rings (SSSR count). The third-order valence-electron chi connectivity index (χ3n) is 5.39. The van der Waals surface area contributed by atoms with E-state index in [1.807, 2.05) is 53.7 Å². The van der Waals surface area contributed by atoms with Crippen LogP contribution >= 0.6 is 8.60 Å². The zero-order chi connectivity index (χ0) is 23.3. The van der Waals surface area contributed by atoms with E-state index in [0.717, 1.165) is 11.3 Å². The molecule has 32 heavy (non-hydrogen) atoms. The molecule has 0 saturated carbocycles. The fourth-order valence-electron chi connectivity index (χ4n) is 4.02. The molecule has 0 spiro atoms. The Kier molecular flexibility index (Phi) is 5.96. The maximum atomic E-state index is 6.35. The summed E-state index contributed by atoms with van der Waals surface area (Å²) in [4.78, 5) is 0. The van der Waals surface area contributed by atoms with E-state index in [2.05, 4.69) is 56.3 Å². The lowest BCUT2D eigenvalue weighted by atomic mass is 9.89. The molecule has 0 aromatic heterocycles. The van der Waals surface area contributed by atoms with Gasteiger partial charge >= 0.3 is 8.60 Å². The van der Waals surface area contributed by atoms with E-state index >= 15 is 0 Å². The Morgan fingerprint density at radius 2 is 1.19 bits per heavy atom. The standard InChI is InChI=1S/C28H33O3P/c1-18-22(23-16-17-24-20-12-14-21(15-13-20)26(24)19(23)2)10-9-11-25(18)29-32(30-27(3,4)5)31-28(6,7)8/h9-17H,1-8H3. The number of hydrogen-bond acceptors (Lipinski definition) is 3. The van der Waals surface area contributed by atoms with E-state index in [4.69, 9.17) is 13.6 Å². The van der Waals surface area contributed by atoms with Gasteiger partial charge in [-0.25, -0.2) is 0 Å². The predicted octanol–water partition coefficient (Wildman–Crippen LogP) is 8.95. The molecule has 168 valence electrons. The Balaban J connectivity index is 1.74. The monoisotopic (exact) mass is 448 g/mol. The average molecular weight is 449 g/mol. The van der Waals surface area contributed by atoms with E-state index < -0.39 is 8.60 Å². The quantitative estimate of drug-likeness (QED) is 0.285. The van der Waals surface area contributed by atoms with Crippen molar-refractivity contribution in [1.29, 1.82) is 0 Å². The highest BCUT2D eigenvalue weighted by molar-refractivity contribution is 7.42. The summed E-state index contributed by atoms with van der Waals surface area (Å²) >= 11 is 0. The second kappa shape index (κ2) is 8.30. The molecule has 0 aliphatic rings. The number of hydrogen-bond donors (Lipinski definition) is 0. The first-order valence-corrected chi connectivity index (χ1v) is 12.2. The lowest BCUT2D eigenvalue weighted by molar-refractivity contribution is 0.0503. The first-order chi connectivity index (χ1) is 14.9. The molecule has 0 heterocycles. The minimum atomic E-state index is -1.56. The minimum Gasteiger partial charge on any atom is -0.426 e. The molecule has 0 N–H and O–H groups in total. The lowest BCUT2D eigenvalue weighted by Gasteiger charge is -2.30. The van der Waals surface area contributed by atoms with Crippen molar-refractivity contribution in [2.45, 2.75) is 66.6 Å². The summed E-state index contributed by atoms with van der Waals surface area (Å²) in [6.45, 7) is 16.4. The van der Waals surface area contributed by atoms with E-state index in [9.17, 15) is 0 Å². The topological polar surface area (TPSA) is 27.7 Å². The molecule has 5 aromatic carbocycles. The van der Waals surface area contributed by atoms with Crippen molar-refractivity contribution in [2.24, 2.45) is 0 Å². The van der Waals surface area contributed by atoms with E-state index in [1.54, 1.807) is 0 Å². The SMILES string of the molecule is Cc1c(OP(OC(C)(C)C)OC(C)(C)C)cccc1-c1ccc2c3ccc(cc3)c2c1C. The van der Waals surface area contributed by atoms with Crippen molar-refractivity contribution >= 4 is 30.1 Å². The molecule has 0 unspecified atom stereocenters. The number of rotatable bonds is 5. The van der Waals surface area contributed by atoms with Crippen molar-refractivity contribution < 1.29 is 13.6 Å². The zero-order valence-electron chi connectivity index (χ0n) is 20.4. The highest BCUT2D eigenvalue weighted by Gasteiger charge is 2.29. The average Bonchev–Trinajstić information content (AvgIpc) is 2.68. The van der Waals surface area contributed by atoms with Crippen LogP contribution < -0.4 is 4.52 Å². The summed E-state index contributed by atoms with van der Waals surface area (Å²) in [5, 5.41) is 5.21. The smallest absolute Gasteiger partial charge is 0.398 e. The first kappa shape index (κ1) is 23.0. The fourth-order valence-corrected chi connectivity index (χ4v) is 5.39. The van der Waals surface area contributed by atoms with Crippen LogP contribution in [0.25, 0.3) is 32.7 Å². The molecule has 0 aliphatic heterocycles. The van der Waals surface area contributed by atoms with E-state index in [-0.39, 0.29) is 11.2 Å². The van der Waals surface area contributed by atoms with E-state index in [1.165, 1.54) is 38.2 Å². The third-order valence-corrected chi connectivity index (χ3v) is 7.13. The largest absolute Gasteiger partial charge is 0.426 e. The van der Waals surface area contributed by atoms with Gasteiger partial charge in [0.15, 0.2) is 0 Å². The maximum absolute atomic E-state index is 6.35. The van der Waals surface area contributed by atoms with Gasteiger partial charge in [-0.1, -0.05) is 48.5 Å². The first-order valence-electron chi connectivity index (χ1n) is 11.1. The molecule has 3 nitrogen and oxygen atoms in total. The number of benzene rings is 5. The maximum Gasteiger partial charge on any atom is 0.398 e. The second-order valence-electron chi connectivity index (χ2n) is 10.4. The molecule has 0 amide bonds. The summed E-state index contributed by atoms with van der Waals surface area (Å²) in [5.74, 6) is 0.794. The minimum absolute atomic E-state index is 0.368. The molecule has 0 radical (unpaired) electrons. The molecule has 4 heteroatoms. The molecule has 5 aromatic rings. The van der Waals surface area contributed by atoms with Gasteiger partial charge in [-0.2, -0.15) is 0 Å². The van der Waals surface area contributed by atoms with Crippen molar-refractivity contribution in [2.75, 3.05) is 0 Å². The van der Waals surface area contributed by atoms with Gasteiger partial charge in [0.2, 0.25) is 0 Å². The van der Waals surface area contributed by atoms with Crippen molar-refractivity contribution in [3.8, 4) is 16.9 Å². The Morgan fingerprint density at radius 1 is 0.625 bits per heavy atom. The summed E-state index contributed by atoms with van der Waals surface area (Å²) in [5.41, 5.74) is 4.04. The summed E-state index contributed by atoms with van der Waals surface area (Å²) in [6, 6.07) is 19.5. The zero-order valence-corrected chi connectivity index (χ0v) is 21.3. The van der Waals surface area contributed by atoms with Crippen LogP contribution in [0.1, 0.15) is 52.7 Å². The van der Waals surface area contributed by atoms with Crippen LogP contribution in [0.5, 0.6) is 5.75 Å². The van der Waals surface area contributed by atoms with Crippen LogP contribution in [0.2, 0.25) is 0 Å². The van der Waals surface area contributed by atoms with Gasteiger partial charge in [-0.15, -0.1) is 0 Å². The van der Waals surface area contributed by atoms with E-state index in [0.29, 0.717) is 0 Å². The Bertz CT molecular complexity index is 1210. The van der Waals surface area contributed by atoms with Crippen LogP contribution in [0.4, 0.5) is 0 Å². The highest BCUT2D eigenvalue weighted by Crippen LogP contribution is 2.49.